The number of Topliss-reactive ketones (excluding diaryl/α,β-unsaturated/α-hetero) is 1. The standard InChI is InChI=1S/C22H21N3O/c26-21(14-17-8-3-1-4-9-17)20-15-23-19-12-7-13-25(22(19)24-20)16-18-10-5-2-6-11-18/h1-6,8-11,15H,7,12-14,16H2. The van der Waals surface area contributed by atoms with Gasteiger partial charge in [-0.2, -0.15) is 0 Å². The zero-order valence-electron chi connectivity index (χ0n) is 14.6. The SMILES string of the molecule is O=C(Cc1ccccc1)c1cnc2c(n1)N(Cc1ccccc1)CCC2. The molecule has 0 saturated heterocycles. The predicted octanol–water partition coefficient (Wildman–Crippen LogP) is 3.85. The summed E-state index contributed by atoms with van der Waals surface area (Å²) in [5, 5.41) is 0. The van der Waals surface area contributed by atoms with Gasteiger partial charge >= 0.3 is 0 Å². The van der Waals surface area contributed by atoms with Gasteiger partial charge in [-0.05, 0) is 24.0 Å². The lowest BCUT2D eigenvalue weighted by atomic mass is 10.1. The van der Waals surface area contributed by atoms with Gasteiger partial charge in [0, 0.05) is 19.5 Å². The molecule has 0 bridgehead atoms. The second kappa shape index (κ2) is 7.48. The fraction of sp³-hybridized carbons (Fsp3) is 0.227. The van der Waals surface area contributed by atoms with E-state index in [4.69, 9.17) is 4.98 Å². The monoisotopic (exact) mass is 343 g/mol. The molecule has 130 valence electrons. The fourth-order valence-corrected chi connectivity index (χ4v) is 3.34. The molecule has 1 aliphatic rings. The number of benzene rings is 2. The smallest absolute Gasteiger partial charge is 0.187 e. The van der Waals surface area contributed by atoms with Crippen molar-refractivity contribution in [3.8, 4) is 0 Å². The van der Waals surface area contributed by atoms with Gasteiger partial charge in [0.15, 0.2) is 11.6 Å². The van der Waals surface area contributed by atoms with Crippen LogP contribution in [0.15, 0.2) is 66.9 Å². The number of rotatable bonds is 5. The van der Waals surface area contributed by atoms with Gasteiger partial charge in [-0.3, -0.25) is 9.78 Å². The van der Waals surface area contributed by atoms with Gasteiger partial charge in [-0.15, -0.1) is 0 Å². The summed E-state index contributed by atoms with van der Waals surface area (Å²) >= 11 is 0. The minimum absolute atomic E-state index is 0.0109. The van der Waals surface area contributed by atoms with Gasteiger partial charge < -0.3 is 4.90 Å². The van der Waals surface area contributed by atoms with Gasteiger partial charge in [0.25, 0.3) is 0 Å². The first-order valence-corrected chi connectivity index (χ1v) is 9.01. The highest BCUT2D eigenvalue weighted by Gasteiger charge is 2.22. The molecular formula is C22H21N3O. The fourth-order valence-electron chi connectivity index (χ4n) is 3.34. The maximum Gasteiger partial charge on any atom is 0.187 e. The molecule has 0 radical (unpaired) electrons. The van der Waals surface area contributed by atoms with Crippen LogP contribution in [-0.2, 0) is 19.4 Å². The van der Waals surface area contributed by atoms with Crippen LogP contribution < -0.4 is 4.90 Å². The molecule has 0 atom stereocenters. The molecule has 0 aliphatic carbocycles. The third kappa shape index (κ3) is 3.64. The number of ketones is 1. The molecule has 4 nitrogen and oxygen atoms in total. The Balaban J connectivity index is 1.58. The van der Waals surface area contributed by atoms with Crippen LogP contribution in [-0.4, -0.2) is 22.3 Å². The first-order valence-electron chi connectivity index (χ1n) is 9.01. The number of aryl methyl sites for hydroxylation is 1. The van der Waals surface area contributed by atoms with E-state index < -0.39 is 0 Å². The largest absolute Gasteiger partial charge is 0.351 e. The Morgan fingerprint density at radius 3 is 2.38 bits per heavy atom. The second-order valence-corrected chi connectivity index (χ2v) is 6.62. The van der Waals surface area contributed by atoms with Crippen molar-refractivity contribution in [3.63, 3.8) is 0 Å². The molecule has 1 aromatic heterocycles. The van der Waals surface area contributed by atoms with Crippen molar-refractivity contribution in [2.24, 2.45) is 0 Å². The highest BCUT2D eigenvalue weighted by atomic mass is 16.1. The highest BCUT2D eigenvalue weighted by Crippen LogP contribution is 2.25. The molecule has 4 rings (SSSR count). The maximum absolute atomic E-state index is 12.6. The van der Waals surface area contributed by atoms with Crippen LogP contribution in [0, 0.1) is 0 Å². The average Bonchev–Trinajstić information content (AvgIpc) is 2.69. The number of nitrogens with zero attached hydrogens (tertiary/aromatic N) is 3. The van der Waals surface area contributed by atoms with Crippen LogP contribution >= 0.6 is 0 Å². The Labute approximate surface area is 153 Å². The van der Waals surface area contributed by atoms with E-state index in [1.54, 1.807) is 6.20 Å². The Morgan fingerprint density at radius 2 is 1.65 bits per heavy atom. The number of aromatic nitrogens is 2. The zero-order chi connectivity index (χ0) is 17.8. The third-order valence-corrected chi connectivity index (χ3v) is 4.68. The number of hydrogen-bond acceptors (Lipinski definition) is 4. The van der Waals surface area contributed by atoms with Crippen molar-refractivity contribution in [1.29, 1.82) is 0 Å². The number of fused-ring (bicyclic) bond motifs is 1. The average molecular weight is 343 g/mol. The van der Waals surface area contributed by atoms with Gasteiger partial charge in [0.1, 0.15) is 5.69 Å². The quantitative estimate of drug-likeness (QED) is 0.660. The zero-order valence-corrected chi connectivity index (χ0v) is 14.6. The van der Waals surface area contributed by atoms with E-state index in [0.29, 0.717) is 12.1 Å². The van der Waals surface area contributed by atoms with E-state index in [0.717, 1.165) is 43.0 Å². The van der Waals surface area contributed by atoms with Crippen molar-refractivity contribution < 1.29 is 4.79 Å². The molecule has 0 unspecified atom stereocenters. The molecule has 0 saturated carbocycles. The number of hydrogen-bond donors (Lipinski definition) is 0. The molecular weight excluding hydrogens is 322 g/mol. The molecule has 3 aromatic rings. The Hall–Kier alpha value is -3.01. The van der Waals surface area contributed by atoms with E-state index in [1.807, 2.05) is 48.5 Å². The van der Waals surface area contributed by atoms with E-state index in [1.165, 1.54) is 5.56 Å². The topological polar surface area (TPSA) is 46.1 Å². The van der Waals surface area contributed by atoms with Gasteiger partial charge in [-0.25, -0.2) is 4.98 Å². The van der Waals surface area contributed by atoms with Crippen LogP contribution in [0.2, 0.25) is 0 Å². The van der Waals surface area contributed by atoms with Crippen molar-refractivity contribution in [1.82, 2.24) is 9.97 Å². The van der Waals surface area contributed by atoms with Gasteiger partial charge in [0.05, 0.1) is 11.9 Å². The summed E-state index contributed by atoms with van der Waals surface area (Å²) in [5.74, 6) is 0.871. The van der Waals surface area contributed by atoms with Crippen molar-refractivity contribution in [2.45, 2.75) is 25.8 Å². The molecule has 1 aliphatic heterocycles. The van der Waals surface area contributed by atoms with Crippen LogP contribution in [0.4, 0.5) is 5.82 Å². The van der Waals surface area contributed by atoms with Gasteiger partial charge in [0.2, 0.25) is 0 Å². The molecule has 0 amide bonds. The van der Waals surface area contributed by atoms with Crippen molar-refractivity contribution in [3.05, 3.63) is 89.4 Å². The molecule has 2 aromatic carbocycles. The molecule has 2 heterocycles. The molecule has 4 heteroatoms. The number of anilines is 1. The first kappa shape index (κ1) is 16.5. The lowest BCUT2D eigenvalue weighted by Crippen LogP contribution is -2.31. The summed E-state index contributed by atoms with van der Waals surface area (Å²) < 4.78 is 0. The minimum atomic E-state index is 0.0109. The summed E-state index contributed by atoms with van der Waals surface area (Å²) in [5.41, 5.74) is 3.68. The summed E-state index contributed by atoms with van der Waals surface area (Å²) in [6.45, 7) is 1.73. The Kier molecular flexibility index (Phi) is 4.73. The predicted molar refractivity (Wildman–Crippen MR) is 102 cm³/mol. The van der Waals surface area contributed by atoms with Crippen LogP contribution in [0.3, 0.4) is 0 Å². The van der Waals surface area contributed by atoms with E-state index in [-0.39, 0.29) is 5.78 Å². The van der Waals surface area contributed by atoms with Crippen molar-refractivity contribution in [2.75, 3.05) is 11.4 Å². The maximum atomic E-state index is 12.6. The van der Waals surface area contributed by atoms with Crippen LogP contribution in [0.1, 0.15) is 33.7 Å². The van der Waals surface area contributed by atoms with Crippen LogP contribution in [0.5, 0.6) is 0 Å². The summed E-state index contributed by atoms with van der Waals surface area (Å²) in [4.78, 5) is 24.1. The number of carbonyl (C=O) groups is 1. The Bertz CT molecular complexity index is 894. The minimum Gasteiger partial charge on any atom is -0.351 e. The van der Waals surface area contributed by atoms with Crippen LogP contribution in [0.25, 0.3) is 0 Å². The first-order chi connectivity index (χ1) is 12.8. The lowest BCUT2D eigenvalue weighted by Gasteiger charge is -2.29. The molecule has 0 N–H and O–H groups in total. The van der Waals surface area contributed by atoms with E-state index >= 15 is 0 Å². The summed E-state index contributed by atoms with van der Waals surface area (Å²) in [6.07, 6.45) is 3.97. The molecule has 26 heavy (non-hydrogen) atoms. The normalized spacial score (nSPS) is 13.3. The summed E-state index contributed by atoms with van der Waals surface area (Å²) in [7, 11) is 0. The Morgan fingerprint density at radius 1 is 0.962 bits per heavy atom. The third-order valence-electron chi connectivity index (χ3n) is 4.68. The second-order valence-electron chi connectivity index (χ2n) is 6.62. The van der Waals surface area contributed by atoms with E-state index in [9.17, 15) is 4.79 Å². The van der Waals surface area contributed by atoms with Gasteiger partial charge in [-0.1, -0.05) is 60.7 Å². The number of carbonyl (C=O) groups excluding carboxylic acids is 1. The lowest BCUT2D eigenvalue weighted by molar-refractivity contribution is 0.0988. The highest BCUT2D eigenvalue weighted by molar-refractivity contribution is 5.95. The van der Waals surface area contributed by atoms with E-state index in [2.05, 4.69) is 22.0 Å². The summed E-state index contributed by atoms with van der Waals surface area (Å²) in [6, 6.07) is 20.1. The van der Waals surface area contributed by atoms with Crippen molar-refractivity contribution >= 4 is 11.6 Å². The molecule has 0 fully saturated rings. The molecule has 0 spiro atoms.